The van der Waals surface area contributed by atoms with Crippen molar-refractivity contribution in [2.45, 2.75) is 13.0 Å². The van der Waals surface area contributed by atoms with Gasteiger partial charge in [0.1, 0.15) is 6.04 Å². The predicted octanol–water partition coefficient (Wildman–Crippen LogP) is -1.14. The van der Waals surface area contributed by atoms with Crippen molar-refractivity contribution in [2.75, 3.05) is 39.3 Å². The van der Waals surface area contributed by atoms with Crippen LogP contribution < -0.4 is 0 Å². The number of hydrogen-bond donors (Lipinski definition) is 3. The molecule has 0 aromatic carbocycles. The van der Waals surface area contributed by atoms with Crippen LogP contribution in [0.2, 0.25) is 0 Å². The van der Waals surface area contributed by atoms with Gasteiger partial charge in [0.05, 0.1) is 0 Å². The van der Waals surface area contributed by atoms with Gasteiger partial charge in [-0.15, -0.1) is 0 Å². The van der Waals surface area contributed by atoms with Gasteiger partial charge in [-0.2, -0.15) is 0 Å². The Kier molecular flexibility index (Phi) is 34.4. The molecule has 5 radical (unpaired) electrons. The van der Waals surface area contributed by atoms with E-state index in [4.69, 9.17) is 15.3 Å². The summed E-state index contributed by atoms with van der Waals surface area (Å²) in [5.41, 5.74) is 0. The van der Waals surface area contributed by atoms with E-state index in [0.29, 0.717) is 39.3 Å². The maximum atomic E-state index is 11.1. The number of nitrogens with zero attached hydrogens (tertiary/aromatic N) is 3. The average Bonchev–Trinajstić information content (AvgIpc) is 2.49. The summed E-state index contributed by atoms with van der Waals surface area (Å²) in [6.07, 6.45) is 0. The molecule has 1 aliphatic rings. The van der Waals surface area contributed by atoms with E-state index >= 15 is 0 Å². The number of aliphatic carboxylic acids is 3. The van der Waals surface area contributed by atoms with Gasteiger partial charge in [0.2, 0.25) is 0 Å². The molecular formula is C13H21N3O6Y5-2. The molecule has 3 N–H and O–H groups in total. The van der Waals surface area contributed by atoms with Gasteiger partial charge in [0.25, 0.3) is 0 Å². The van der Waals surface area contributed by atoms with Crippen LogP contribution in [-0.2, 0) is 178 Å². The summed E-state index contributed by atoms with van der Waals surface area (Å²) in [6.45, 7) is 5.83. The van der Waals surface area contributed by atoms with Crippen LogP contribution in [0, 0.1) is 13.1 Å². The van der Waals surface area contributed by atoms with Gasteiger partial charge in [-0.25, -0.2) is 13.1 Å². The van der Waals surface area contributed by atoms with E-state index in [1.807, 2.05) is 0 Å². The molecule has 1 unspecified atom stereocenters. The fourth-order valence-corrected chi connectivity index (χ4v) is 2.22. The second kappa shape index (κ2) is 22.7. The third kappa shape index (κ3) is 18.8. The molecule has 1 atom stereocenters. The number of carbonyl (C=O) groups is 3. The predicted molar refractivity (Wildman–Crippen MR) is 75.7 cm³/mol. The first-order chi connectivity index (χ1) is 10.3. The molecule has 1 rings (SSSR count). The van der Waals surface area contributed by atoms with Crippen LogP contribution >= 0.6 is 0 Å². The van der Waals surface area contributed by atoms with Crippen molar-refractivity contribution < 1.29 is 193 Å². The molecule has 141 valence electrons. The van der Waals surface area contributed by atoms with Crippen molar-refractivity contribution in [1.82, 2.24) is 14.7 Å². The monoisotopic (exact) mass is 760 g/mol. The summed E-state index contributed by atoms with van der Waals surface area (Å²) in [6, 6.07) is -0.726. The zero-order valence-electron chi connectivity index (χ0n) is 15.3. The van der Waals surface area contributed by atoms with Gasteiger partial charge >= 0.3 is 5.97 Å². The third-order valence-electron chi connectivity index (χ3n) is 3.51. The second-order valence-electron chi connectivity index (χ2n) is 5.06. The van der Waals surface area contributed by atoms with Gasteiger partial charge < -0.3 is 25.1 Å². The van der Waals surface area contributed by atoms with Gasteiger partial charge in [0.15, 0.2) is 11.9 Å². The van der Waals surface area contributed by atoms with Crippen molar-refractivity contribution in [3.05, 3.63) is 13.1 Å². The largest absolute Gasteiger partial charge is 0.502 e. The minimum Gasteiger partial charge on any atom is -0.502 e. The van der Waals surface area contributed by atoms with E-state index in [9.17, 15) is 14.4 Å². The molecule has 0 aliphatic carbocycles. The fraction of sp³-hybridized carbons (Fsp3) is 0.615. The van der Waals surface area contributed by atoms with Gasteiger partial charge in [0, 0.05) is 177 Å². The molecule has 0 aromatic rings. The van der Waals surface area contributed by atoms with Crippen LogP contribution in [0.4, 0.5) is 0 Å². The first kappa shape index (κ1) is 40.9. The maximum Gasteiger partial charge on any atom is 0.320 e. The summed E-state index contributed by atoms with van der Waals surface area (Å²) < 4.78 is 0. The van der Waals surface area contributed by atoms with Crippen molar-refractivity contribution >= 4 is 17.9 Å². The Labute approximate surface area is 285 Å². The molecule has 1 aliphatic heterocycles. The van der Waals surface area contributed by atoms with E-state index in [-0.39, 0.29) is 164 Å². The van der Waals surface area contributed by atoms with Gasteiger partial charge in [-0.1, -0.05) is 0 Å². The summed E-state index contributed by atoms with van der Waals surface area (Å²) in [7, 11) is 0. The Morgan fingerprint density at radius 2 is 1.00 bits per heavy atom. The van der Waals surface area contributed by atoms with Gasteiger partial charge in [-0.05, 0) is 33.1 Å². The molecular weight excluding hydrogens is 739 g/mol. The molecule has 1 fully saturated rings. The normalized spacial score (nSPS) is 16.5. The molecule has 0 aromatic heterocycles. The van der Waals surface area contributed by atoms with Crippen molar-refractivity contribution in [3.8, 4) is 0 Å². The Morgan fingerprint density at radius 1 is 0.704 bits per heavy atom. The summed E-state index contributed by atoms with van der Waals surface area (Å²) in [5, 5.41) is 26.8. The molecule has 9 nitrogen and oxygen atoms in total. The molecule has 0 amide bonds. The molecule has 0 spiro atoms. The zero-order valence-corrected chi connectivity index (χ0v) is 29.5. The van der Waals surface area contributed by atoms with Crippen LogP contribution in [0.25, 0.3) is 0 Å². The second-order valence-corrected chi connectivity index (χ2v) is 5.06. The van der Waals surface area contributed by atoms with Crippen molar-refractivity contribution in [1.29, 1.82) is 0 Å². The van der Waals surface area contributed by atoms with E-state index in [1.54, 1.807) is 21.6 Å². The standard InChI is InChI=1S/C13H21N3O6.5Y/c1-10(13(21)22)16-6-4-14(8-11(17)18)2-3-15(5-7-16)9-12(19)20;;;;;/h8-10H,2-7H2,1H3,(H,17,18)(H,19,20)(H,21,22);;;;;/q-2;;;;;. The topological polar surface area (TPSA) is 122 Å². The van der Waals surface area contributed by atoms with E-state index in [1.165, 1.54) is 0 Å². The smallest absolute Gasteiger partial charge is 0.320 e. The molecule has 0 saturated carbocycles. The minimum atomic E-state index is -1.09. The van der Waals surface area contributed by atoms with Crippen LogP contribution in [0.15, 0.2) is 0 Å². The van der Waals surface area contributed by atoms with Crippen LogP contribution in [0.3, 0.4) is 0 Å². The molecule has 1 heterocycles. The molecule has 0 bridgehead atoms. The number of carboxylic acids is 3. The first-order valence-corrected chi connectivity index (χ1v) is 6.90. The maximum absolute atomic E-state index is 11.1. The molecule has 1 saturated heterocycles. The zero-order chi connectivity index (χ0) is 16.7. The quantitative estimate of drug-likeness (QED) is 0.289. The first-order valence-electron chi connectivity index (χ1n) is 6.90. The average molecular weight is 760 g/mol. The number of hydrogen-bond acceptors (Lipinski definition) is 6. The molecule has 27 heavy (non-hydrogen) atoms. The Balaban J connectivity index is -0.000000323. The summed E-state index contributed by atoms with van der Waals surface area (Å²) in [4.78, 5) is 37.6. The van der Waals surface area contributed by atoms with Crippen molar-refractivity contribution in [3.63, 3.8) is 0 Å². The number of rotatable bonds is 6. The number of carboxylic acid groups (broad SMARTS) is 3. The van der Waals surface area contributed by atoms with Crippen LogP contribution in [0.5, 0.6) is 0 Å². The van der Waals surface area contributed by atoms with Crippen molar-refractivity contribution in [2.24, 2.45) is 0 Å². The third-order valence-corrected chi connectivity index (χ3v) is 3.51. The van der Waals surface area contributed by atoms with Crippen LogP contribution in [-0.4, -0.2) is 93.2 Å². The summed E-state index contributed by atoms with van der Waals surface area (Å²) >= 11 is 0. The van der Waals surface area contributed by atoms with E-state index in [0.717, 1.165) is 13.1 Å². The van der Waals surface area contributed by atoms with E-state index in [2.05, 4.69) is 0 Å². The summed E-state index contributed by atoms with van der Waals surface area (Å²) in [5.74, 6) is -3.15. The van der Waals surface area contributed by atoms with Crippen LogP contribution in [0.1, 0.15) is 6.92 Å². The fourth-order valence-electron chi connectivity index (χ4n) is 2.22. The minimum absolute atomic E-state index is 0. The Morgan fingerprint density at radius 3 is 1.26 bits per heavy atom. The van der Waals surface area contributed by atoms with E-state index < -0.39 is 23.9 Å². The SMILES string of the molecule is CC(C(=O)O)N1CCN([CH-]C(=O)O)CCN([CH-]C(=O)O)CC1.[Y].[Y].[Y].[Y].[Y]. The molecule has 14 heteroatoms. The van der Waals surface area contributed by atoms with Gasteiger partial charge in [-0.3, -0.25) is 19.3 Å². The Hall–Kier alpha value is 3.55. The Bertz CT molecular complexity index is 407.